The number of aromatic nitrogens is 2. The third kappa shape index (κ3) is 3.30. The van der Waals surface area contributed by atoms with Crippen LogP contribution in [0, 0.1) is 5.41 Å². The average molecular weight is 345 g/mol. The van der Waals surface area contributed by atoms with E-state index in [-0.39, 0.29) is 18.3 Å². The first-order chi connectivity index (χ1) is 10.2. The van der Waals surface area contributed by atoms with Crippen molar-refractivity contribution in [2.45, 2.75) is 12.8 Å². The number of nitrogens with two attached hydrogens (primary N) is 1. The molecule has 120 valence electrons. The Morgan fingerprint density at radius 2 is 2.18 bits per heavy atom. The normalized spacial score (nSPS) is 16.8. The lowest BCUT2D eigenvalue weighted by Crippen LogP contribution is -2.46. The minimum Gasteiger partial charge on any atom is -0.462 e. The highest BCUT2D eigenvalue weighted by molar-refractivity contribution is 7.18. The zero-order valence-corrected chi connectivity index (χ0v) is 13.4. The van der Waals surface area contributed by atoms with E-state index in [1.807, 2.05) is 0 Å². The fraction of sp³-hybridized carbons (Fsp3) is 0.462. The number of nitrogens with one attached hydrogen (secondary N) is 1. The number of halogens is 1. The van der Waals surface area contributed by atoms with Crippen molar-refractivity contribution in [3.8, 4) is 10.8 Å². The molecule has 1 amide bonds. The monoisotopic (exact) mass is 344 g/mol. The summed E-state index contributed by atoms with van der Waals surface area (Å²) < 4.78 is 10.6. The van der Waals surface area contributed by atoms with E-state index in [1.54, 1.807) is 18.4 Å². The van der Waals surface area contributed by atoms with Gasteiger partial charge in [-0.05, 0) is 25.0 Å². The van der Waals surface area contributed by atoms with Crippen LogP contribution in [0.25, 0.3) is 10.8 Å². The number of anilines is 1. The van der Waals surface area contributed by atoms with Crippen molar-refractivity contribution in [1.82, 2.24) is 10.2 Å². The van der Waals surface area contributed by atoms with E-state index in [4.69, 9.17) is 14.9 Å². The Morgan fingerprint density at radius 1 is 1.41 bits per heavy atom. The lowest BCUT2D eigenvalue weighted by molar-refractivity contribution is -0.130. The molecule has 0 unspecified atom stereocenters. The summed E-state index contributed by atoms with van der Waals surface area (Å²) in [6, 6.07) is 3.58. The molecule has 0 atom stereocenters. The van der Waals surface area contributed by atoms with Gasteiger partial charge in [0.1, 0.15) is 0 Å². The highest BCUT2D eigenvalue weighted by atomic mass is 35.5. The van der Waals surface area contributed by atoms with Crippen molar-refractivity contribution in [1.29, 1.82) is 0 Å². The molecule has 9 heteroatoms. The molecule has 0 radical (unpaired) electrons. The summed E-state index contributed by atoms with van der Waals surface area (Å²) in [6.45, 7) is 1.41. The number of carbonyl (C=O) groups excluding carboxylic acids is 1. The van der Waals surface area contributed by atoms with Gasteiger partial charge < -0.3 is 14.9 Å². The molecular formula is C13H17ClN4O3S. The van der Waals surface area contributed by atoms with Crippen molar-refractivity contribution in [2.75, 3.05) is 25.1 Å². The number of hydrogen-bond donors (Lipinski definition) is 2. The van der Waals surface area contributed by atoms with Crippen LogP contribution in [-0.2, 0) is 9.53 Å². The lowest BCUT2D eigenvalue weighted by Gasteiger charge is -2.34. The Bertz CT molecular complexity index is 611. The Morgan fingerprint density at radius 3 is 2.82 bits per heavy atom. The van der Waals surface area contributed by atoms with E-state index in [2.05, 4.69) is 15.5 Å². The van der Waals surface area contributed by atoms with Crippen LogP contribution in [0.5, 0.6) is 0 Å². The standard InChI is InChI=1S/C13H16N4O3S.ClH/c14-8-13(3-6-19-7-4-13)11(18)15-12-17-16-10(21-12)9-2-1-5-20-9;/h1-2,5H,3-4,6-8,14H2,(H,15,17,18);1H. The van der Waals surface area contributed by atoms with E-state index < -0.39 is 5.41 Å². The molecule has 0 spiro atoms. The molecule has 1 aliphatic rings. The molecule has 1 fully saturated rings. The summed E-state index contributed by atoms with van der Waals surface area (Å²) in [5.41, 5.74) is 5.24. The van der Waals surface area contributed by atoms with E-state index in [9.17, 15) is 4.79 Å². The van der Waals surface area contributed by atoms with Gasteiger partial charge in [-0.3, -0.25) is 10.1 Å². The maximum Gasteiger partial charge on any atom is 0.233 e. The van der Waals surface area contributed by atoms with E-state index in [1.165, 1.54) is 11.3 Å². The number of hydrogen-bond acceptors (Lipinski definition) is 7. The predicted octanol–water partition coefficient (Wildman–Crippen LogP) is 1.91. The smallest absolute Gasteiger partial charge is 0.233 e. The average Bonchev–Trinajstić information content (AvgIpc) is 3.18. The molecule has 2 aromatic rings. The number of ether oxygens (including phenoxy) is 1. The van der Waals surface area contributed by atoms with Crippen LogP contribution >= 0.6 is 23.7 Å². The van der Waals surface area contributed by atoms with Gasteiger partial charge in [-0.15, -0.1) is 22.6 Å². The molecule has 0 bridgehead atoms. The topological polar surface area (TPSA) is 103 Å². The van der Waals surface area contributed by atoms with Crippen LogP contribution in [0.3, 0.4) is 0 Å². The summed E-state index contributed by atoms with van der Waals surface area (Å²) in [5, 5.41) is 11.9. The number of amides is 1. The molecule has 0 saturated carbocycles. The molecule has 1 aliphatic heterocycles. The molecule has 2 aromatic heterocycles. The molecule has 7 nitrogen and oxygen atoms in total. The van der Waals surface area contributed by atoms with Crippen LogP contribution in [0.2, 0.25) is 0 Å². The van der Waals surface area contributed by atoms with Crippen LogP contribution in [0.1, 0.15) is 12.8 Å². The van der Waals surface area contributed by atoms with Gasteiger partial charge in [0, 0.05) is 19.8 Å². The van der Waals surface area contributed by atoms with Crippen LogP contribution in [0.15, 0.2) is 22.8 Å². The fourth-order valence-corrected chi connectivity index (χ4v) is 3.00. The maximum atomic E-state index is 12.5. The summed E-state index contributed by atoms with van der Waals surface area (Å²) >= 11 is 1.27. The first-order valence-electron chi connectivity index (χ1n) is 6.70. The second-order valence-electron chi connectivity index (χ2n) is 4.94. The second-order valence-corrected chi connectivity index (χ2v) is 5.92. The molecule has 1 saturated heterocycles. The Kier molecular flexibility index (Phi) is 5.52. The zero-order valence-electron chi connectivity index (χ0n) is 11.8. The highest BCUT2D eigenvalue weighted by Crippen LogP contribution is 2.32. The quantitative estimate of drug-likeness (QED) is 0.878. The number of carbonyl (C=O) groups is 1. The van der Waals surface area contributed by atoms with E-state index in [0.717, 1.165) is 0 Å². The predicted molar refractivity (Wildman–Crippen MR) is 85.0 cm³/mol. The van der Waals surface area contributed by atoms with Crippen molar-refractivity contribution in [3.05, 3.63) is 18.4 Å². The molecule has 0 aromatic carbocycles. The minimum atomic E-state index is -0.575. The summed E-state index contributed by atoms with van der Waals surface area (Å²) in [6.07, 6.45) is 2.82. The van der Waals surface area contributed by atoms with Gasteiger partial charge in [0.15, 0.2) is 10.8 Å². The van der Waals surface area contributed by atoms with Gasteiger partial charge in [-0.2, -0.15) is 0 Å². The Labute approximate surface area is 137 Å². The Balaban J connectivity index is 0.00000176. The maximum absolute atomic E-state index is 12.5. The molecule has 3 rings (SSSR count). The third-order valence-electron chi connectivity index (χ3n) is 3.70. The molecule has 0 aliphatic carbocycles. The van der Waals surface area contributed by atoms with Crippen molar-refractivity contribution >= 4 is 34.8 Å². The van der Waals surface area contributed by atoms with Crippen molar-refractivity contribution in [2.24, 2.45) is 11.1 Å². The van der Waals surface area contributed by atoms with E-state index in [0.29, 0.717) is 48.5 Å². The van der Waals surface area contributed by atoms with Crippen LogP contribution in [-0.4, -0.2) is 35.9 Å². The van der Waals surface area contributed by atoms with Gasteiger partial charge >= 0.3 is 0 Å². The first kappa shape index (κ1) is 16.9. The van der Waals surface area contributed by atoms with Crippen LogP contribution in [0.4, 0.5) is 5.13 Å². The molecule has 22 heavy (non-hydrogen) atoms. The van der Waals surface area contributed by atoms with Gasteiger partial charge in [0.05, 0.1) is 11.7 Å². The summed E-state index contributed by atoms with van der Waals surface area (Å²) in [7, 11) is 0. The Hall–Kier alpha value is -1.48. The van der Waals surface area contributed by atoms with Gasteiger partial charge in [-0.25, -0.2) is 0 Å². The van der Waals surface area contributed by atoms with Gasteiger partial charge in [-0.1, -0.05) is 11.3 Å². The van der Waals surface area contributed by atoms with E-state index >= 15 is 0 Å². The second kappa shape index (κ2) is 7.19. The largest absolute Gasteiger partial charge is 0.462 e. The lowest BCUT2D eigenvalue weighted by atomic mass is 9.79. The highest BCUT2D eigenvalue weighted by Gasteiger charge is 2.39. The van der Waals surface area contributed by atoms with Crippen molar-refractivity contribution < 1.29 is 13.9 Å². The first-order valence-corrected chi connectivity index (χ1v) is 7.52. The minimum absolute atomic E-state index is 0. The fourth-order valence-electron chi connectivity index (χ4n) is 2.29. The molecular weight excluding hydrogens is 328 g/mol. The third-order valence-corrected chi connectivity index (χ3v) is 4.55. The number of furan rings is 1. The zero-order chi connectivity index (χ0) is 14.7. The summed E-state index contributed by atoms with van der Waals surface area (Å²) in [5.74, 6) is 0.517. The van der Waals surface area contributed by atoms with Gasteiger partial charge in [0.25, 0.3) is 0 Å². The van der Waals surface area contributed by atoms with Crippen molar-refractivity contribution in [3.63, 3.8) is 0 Å². The molecule has 3 heterocycles. The number of rotatable bonds is 4. The SMILES string of the molecule is Cl.NCC1(C(=O)Nc2nnc(-c3ccco3)s2)CCOCC1. The number of nitrogens with zero attached hydrogens (tertiary/aromatic N) is 2. The molecule has 3 N–H and O–H groups in total. The van der Waals surface area contributed by atoms with Gasteiger partial charge in [0.2, 0.25) is 11.0 Å². The summed E-state index contributed by atoms with van der Waals surface area (Å²) in [4.78, 5) is 12.5. The van der Waals surface area contributed by atoms with Crippen LogP contribution < -0.4 is 11.1 Å².